The number of nitrogens with one attached hydrogen (secondary N) is 1. The van der Waals surface area contributed by atoms with Crippen molar-refractivity contribution in [2.45, 2.75) is 13.0 Å². The first kappa shape index (κ1) is 12.1. The fraction of sp³-hybridized carbons (Fsp3) is 0.462. The maximum Gasteiger partial charge on any atom is 0.233 e. The highest BCUT2D eigenvalue weighted by atomic mass is 16.1. The predicted molar refractivity (Wildman–Crippen MR) is 67.5 cm³/mol. The average molecular weight is 233 g/mol. The number of nitrogens with zero attached hydrogens (tertiary/aromatic N) is 1. The van der Waals surface area contributed by atoms with Crippen molar-refractivity contribution in [3.05, 3.63) is 35.4 Å². The quantitative estimate of drug-likeness (QED) is 0.776. The average Bonchev–Trinajstić information content (AvgIpc) is 2.38. The molecule has 17 heavy (non-hydrogen) atoms. The van der Waals surface area contributed by atoms with Crippen LogP contribution in [0, 0.1) is 0 Å². The highest BCUT2D eigenvalue weighted by Crippen LogP contribution is 2.17. The van der Waals surface area contributed by atoms with Crippen LogP contribution in [0.4, 0.5) is 0 Å². The summed E-state index contributed by atoms with van der Waals surface area (Å²) in [5.74, 6) is -0.0811. The molecule has 1 amide bonds. The number of carbonyl (C=O) groups excluding carboxylic acids is 1. The summed E-state index contributed by atoms with van der Waals surface area (Å²) in [4.78, 5) is 13.4. The summed E-state index contributed by atoms with van der Waals surface area (Å²) in [7, 11) is 0. The molecule has 1 heterocycles. The molecule has 0 bridgehead atoms. The Kier molecular flexibility index (Phi) is 4.12. The third kappa shape index (κ3) is 3.28. The Morgan fingerprint density at radius 1 is 1.35 bits per heavy atom. The lowest BCUT2D eigenvalue weighted by atomic mass is 10.00. The number of rotatable bonds is 4. The van der Waals surface area contributed by atoms with Crippen LogP contribution in [0.2, 0.25) is 0 Å². The third-order valence-electron chi connectivity index (χ3n) is 3.15. The van der Waals surface area contributed by atoms with Crippen LogP contribution in [0.1, 0.15) is 11.1 Å². The molecule has 0 unspecified atom stereocenters. The van der Waals surface area contributed by atoms with Crippen molar-refractivity contribution >= 4 is 5.91 Å². The molecule has 92 valence electrons. The van der Waals surface area contributed by atoms with Crippen molar-refractivity contribution in [3.8, 4) is 0 Å². The van der Waals surface area contributed by atoms with Gasteiger partial charge in [0, 0.05) is 26.2 Å². The Balaban J connectivity index is 1.80. The first-order chi connectivity index (χ1) is 8.29. The van der Waals surface area contributed by atoms with Gasteiger partial charge >= 0.3 is 0 Å². The normalized spacial score (nSPS) is 15.4. The second-order valence-electron chi connectivity index (χ2n) is 4.35. The van der Waals surface area contributed by atoms with Crippen molar-refractivity contribution < 1.29 is 4.79 Å². The van der Waals surface area contributed by atoms with Gasteiger partial charge in [0.25, 0.3) is 0 Å². The maximum atomic E-state index is 11.0. The van der Waals surface area contributed by atoms with E-state index in [1.54, 1.807) is 0 Å². The summed E-state index contributed by atoms with van der Waals surface area (Å²) >= 11 is 0. The van der Waals surface area contributed by atoms with E-state index < -0.39 is 0 Å². The fourth-order valence-electron chi connectivity index (χ4n) is 2.17. The van der Waals surface area contributed by atoms with Crippen molar-refractivity contribution in [1.29, 1.82) is 0 Å². The Morgan fingerprint density at radius 2 is 2.12 bits per heavy atom. The van der Waals surface area contributed by atoms with Crippen LogP contribution in [0.25, 0.3) is 0 Å². The van der Waals surface area contributed by atoms with E-state index in [1.165, 1.54) is 11.1 Å². The van der Waals surface area contributed by atoms with Gasteiger partial charge in [0.15, 0.2) is 0 Å². The van der Waals surface area contributed by atoms with Crippen LogP contribution in [0.15, 0.2) is 24.3 Å². The van der Waals surface area contributed by atoms with Gasteiger partial charge in [-0.05, 0) is 17.5 Å². The van der Waals surface area contributed by atoms with Gasteiger partial charge < -0.3 is 11.1 Å². The van der Waals surface area contributed by atoms with Gasteiger partial charge in [-0.3, -0.25) is 9.69 Å². The molecule has 1 aromatic rings. The maximum absolute atomic E-state index is 11.0. The molecular weight excluding hydrogens is 214 g/mol. The molecule has 3 N–H and O–H groups in total. The molecule has 4 heteroatoms. The lowest BCUT2D eigenvalue weighted by Crippen LogP contribution is -2.39. The van der Waals surface area contributed by atoms with E-state index in [0.717, 1.165) is 26.1 Å². The van der Waals surface area contributed by atoms with Crippen molar-refractivity contribution in [1.82, 2.24) is 10.2 Å². The molecule has 0 aliphatic carbocycles. The molecule has 4 nitrogen and oxygen atoms in total. The zero-order chi connectivity index (χ0) is 12.1. The van der Waals surface area contributed by atoms with Gasteiger partial charge in [-0.2, -0.15) is 0 Å². The smallest absolute Gasteiger partial charge is 0.233 e. The Hall–Kier alpha value is -1.39. The van der Waals surface area contributed by atoms with E-state index in [4.69, 9.17) is 5.73 Å². The molecule has 2 rings (SSSR count). The van der Waals surface area contributed by atoms with E-state index in [9.17, 15) is 4.79 Å². The standard InChI is InChI=1S/C13H19N3O/c14-9-13(17)15-6-8-16-7-5-11-3-1-2-4-12(11)10-16/h1-4H,5-10,14H2,(H,15,17). The summed E-state index contributed by atoms with van der Waals surface area (Å²) in [6.45, 7) is 3.69. The highest BCUT2D eigenvalue weighted by molar-refractivity contribution is 5.77. The zero-order valence-electron chi connectivity index (χ0n) is 9.98. The molecule has 1 aromatic carbocycles. The second kappa shape index (κ2) is 5.80. The van der Waals surface area contributed by atoms with Gasteiger partial charge in [-0.1, -0.05) is 24.3 Å². The van der Waals surface area contributed by atoms with Crippen LogP contribution in [0.5, 0.6) is 0 Å². The van der Waals surface area contributed by atoms with Crippen molar-refractivity contribution in [3.63, 3.8) is 0 Å². The minimum absolute atomic E-state index is 0.0723. The number of hydrogen-bond acceptors (Lipinski definition) is 3. The summed E-state index contributed by atoms with van der Waals surface area (Å²) < 4.78 is 0. The number of amides is 1. The lowest BCUT2D eigenvalue weighted by molar-refractivity contribution is -0.119. The van der Waals surface area contributed by atoms with Gasteiger partial charge in [0.05, 0.1) is 6.54 Å². The second-order valence-corrected chi connectivity index (χ2v) is 4.35. The fourth-order valence-corrected chi connectivity index (χ4v) is 2.17. The molecule has 0 saturated carbocycles. The molecule has 0 atom stereocenters. The Morgan fingerprint density at radius 3 is 2.88 bits per heavy atom. The molecule has 0 radical (unpaired) electrons. The predicted octanol–water partition coefficient (Wildman–Crippen LogP) is 0.120. The van der Waals surface area contributed by atoms with Crippen molar-refractivity contribution in [2.24, 2.45) is 5.73 Å². The van der Waals surface area contributed by atoms with Gasteiger partial charge in [-0.25, -0.2) is 0 Å². The first-order valence-electron chi connectivity index (χ1n) is 6.05. The first-order valence-corrected chi connectivity index (χ1v) is 6.05. The third-order valence-corrected chi connectivity index (χ3v) is 3.15. The number of fused-ring (bicyclic) bond motifs is 1. The van der Waals surface area contributed by atoms with E-state index >= 15 is 0 Å². The monoisotopic (exact) mass is 233 g/mol. The van der Waals surface area contributed by atoms with Gasteiger partial charge in [0.1, 0.15) is 0 Å². The highest BCUT2D eigenvalue weighted by Gasteiger charge is 2.14. The minimum Gasteiger partial charge on any atom is -0.354 e. The summed E-state index contributed by atoms with van der Waals surface area (Å²) in [6.07, 6.45) is 1.10. The molecular formula is C13H19N3O. The molecule has 0 fully saturated rings. The van der Waals surface area contributed by atoms with Crippen molar-refractivity contribution in [2.75, 3.05) is 26.2 Å². The lowest BCUT2D eigenvalue weighted by Gasteiger charge is -2.28. The van der Waals surface area contributed by atoms with Gasteiger partial charge in [-0.15, -0.1) is 0 Å². The van der Waals surface area contributed by atoms with E-state index in [0.29, 0.717) is 6.54 Å². The van der Waals surface area contributed by atoms with Gasteiger partial charge in [0.2, 0.25) is 5.91 Å². The number of nitrogens with two attached hydrogens (primary N) is 1. The minimum atomic E-state index is -0.0811. The molecule has 0 saturated heterocycles. The van der Waals surface area contributed by atoms with E-state index in [-0.39, 0.29) is 12.5 Å². The van der Waals surface area contributed by atoms with Crippen LogP contribution in [-0.2, 0) is 17.8 Å². The van der Waals surface area contributed by atoms with Crippen LogP contribution in [0.3, 0.4) is 0 Å². The van der Waals surface area contributed by atoms with E-state index in [2.05, 4.69) is 34.5 Å². The molecule has 1 aliphatic rings. The summed E-state index contributed by atoms with van der Waals surface area (Å²) in [5, 5.41) is 2.80. The summed E-state index contributed by atoms with van der Waals surface area (Å²) in [5.41, 5.74) is 8.09. The number of hydrogen-bond donors (Lipinski definition) is 2. The molecule has 0 spiro atoms. The van der Waals surface area contributed by atoms with Crippen LogP contribution < -0.4 is 11.1 Å². The molecule has 1 aliphatic heterocycles. The Bertz CT molecular complexity index is 392. The SMILES string of the molecule is NCC(=O)NCCN1CCc2ccccc2C1. The van der Waals surface area contributed by atoms with E-state index in [1.807, 2.05) is 0 Å². The Labute approximate surface area is 102 Å². The van der Waals surface area contributed by atoms with Crippen LogP contribution >= 0.6 is 0 Å². The summed E-state index contributed by atoms with van der Waals surface area (Å²) in [6, 6.07) is 8.55. The number of benzene rings is 1. The van der Waals surface area contributed by atoms with Crippen LogP contribution in [-0.4, -0.2) is 37.0 Å². The molecule has 0 aromatic heterocycles. The number of carbonyl (C=O) groups is 1. The zero-order valence-corrected chi connectivity index (χ0v) is 9.98. The largest absolute Gasteiger partial charge is 0.354 e. The topological polar surface area (TPSA) is 58.4 Å².